The summed E-state index contributed by atoms with van der Waals surface area (Å²) in [6, 6.07) is 13.1. The molecule has 0 spiro atoms. The molecule has 3 heterocycles. The van der Waals surface area contributed by atoms with Crippen molar-refractivity contribution in [1.82, 2.24) is 19.6 Å². The van der Waals surface area contributed by atoms with Crippen molar-refractivity contribution in [1.29, 1.82) is 0 Å². The van der Waals surface area contributed by atoms with Crippen molar-refractivity contribution >= 4 is 21.3 Å². The van der Waals surface area contributed by atoms with Gasteiger partial charge < -0.3 is 10.4 Å². The minimum atomic E-state index is -3.58. The van der Waals surface area contributed by atoms with E-state index in [9.17, 15) is 18.3 Å². The first-order chi connectivity index (χ1) is 14.8. The molecule has 2 aromatic heterocycles. The number of nitrogens with one attached hydrogen (secondary N) is 1. The van der Waals surface area contributed by atoms with Gasteiger partial charge in [0.25, 0.3) is 5.91 Å². The van der Waals surface area contributed by atoms with Crippen LogP contribution < -0.4 is 5.32 Å². The van der Waals surface area contributed by atoms with Gasteiger partial charge in [0, 0.05) is 38.6 Å². The van der Waals surface area contributed by atoms with Crippen LogP contribution in [-0.4, -0.2) is 59.2 Å². The Labute approximate surface area is 181 Å². The molecule has 0 saturated carbocycles. The number of pyridine rings is 1. The predicted octanol–water partition coefficient (Wildman–Crippen LogP) is 1.62. The van der Waals surface area contributed by atoms with Crippen molar-refractivity contribution in [2.45, 2.75) is 37.2 Å². The van der Waals surface area contributed by atoms with Crippen molar-refractivity contribution in [2.24, 2.45) is 0 Å². The summed E-state index contributed by atoms with van der Waals surface area (Å²) in [6.07, 6.45) is 4.10. The summed E-state index contributed by atoms with van der Waals surface area (Å²) in [6.45, 7) is 2.95. The maximum atomic E-state index is 12.7. The molecule has 164 valence electrons. The minimum absolute atomic E-state index is 0.0879. The van der Waals surface area contributed by atoms with Crippen molar-refractivity contribution in [3.8, 4) is 0 Å². The lowest BCUT2D eigenvalue weighted by molar-refractivity contribution is 0.0792. The Morgan fingerprint density at radius 3 is 2.48 bits per heavy atom. The number of nitrogens with zero attached hydrogens (tertiary/aromatic N) is 3. The lowest BCUT2D eigenvalue weighted by Crippen LogP contribution is -2.35. The highest BCUT2D eigenvalue weighted by Crippen LogP contribution is 2.17. The number of fused-ring (bicyclic) bond motifs is 1. The molecular weight excluding hydrogens is 416 g/mol. The molecule has 31 heavy (non-hydrogen) atoms. The number of aromatic nitrogens is 2. The van der Waals surface area contributed by atoms with Gasteiger partial charge in [0.1, 0.15) is 0 Å². The van der Waals surface area contributed by atoms with Crippen LogP contribution in [0.5, 0.6) is 0 Å². The predicted molar refractivity (Wildman–Crippen MR) is 116 cm³/mol. The van der Waals surface area contributed by atoms with Gasteiger partial charge in [0.2, 0.25) is 15.0 Å². The molecule has 0 atom stereocenters. The topological polar surface area (TPSA) is 104 Å². The number of hydrogen-bond acceptors (Lipinski definition) is 6. The van der Waals surface area contributed by atoms with Crippen molar-refractivity contribution in [3.63, 3.8) is 0 Å². The summed E-state index contributed by atoms with van der Waals surface area (Å²) in [7, 11) is -3.58. The molecule has 1 saturated heterocycles. The highest BCUT2D eigenvalue weighted by atomic mass is 32.2. The monoisotopic (exact) mass is 442 g/mol. The summed E-state index contributed by atoms with van der Waals surface area (Å²) in [5.41, 5.74) is 2.66. The molecule has 1 amide bonds. The number of imidazole rings is 1. The number of hydrogen-bond donors (Lipinski definition) is 2. The maximum absolute atomic E-state index is 12.7. The van der Waals surface area contributed by atoms with E-state index in [1.54, 1.807) is 24.4 Å². The van der Waals surface area contributed by atoms with Gasteiger partial charge >= 0.3 is 0 Å². The normalized spacial score (nSPS) is 15.9. The second-order valence-electron chi connectivity index (χ2n) is 7.98. The Morgan fingerprint density at radius 2 is 1.81 bits per heavy atom. The third-order valence-corrected chi connectivity index (χ3v) is 6.45. The van der Waals surface area contributed by atoms with Gasteiger partial charge in [-0.3, -0.25) is 14.1 Å². The van der Waals surface area contributed by atoms with Gasteiger partial charge in [0.05, 0.1) is 11.6 Å². The number of aliphatic hydroxyl groups is 1. The highest BCUT2D eigenvalue weighted by molar-refractivity contribution is 7.90. The lowest BCUT2D eigenvalue weighted by atomic mass is 10.1. The zero-order valence-electron chi connectivity index (χ0n) is 17.4. The van der Waals surface area contributed by atoms with E-state index in [0.29, 0.717) is 12.1 Å². The molecule has 0 aliphatic carbocycles. The number of sulfone groups is 1. The van der Waals surface area contributed by atoms with Crippen molar-refractivity contribution in [3.05, 3.63) is 65.5 Å². The lowest BCUT2D eigenvalue weighted by Gasteiger charge is -2.29. The zero-order valence-corrected chi connectivity index (χ0v) is 18.2. The molecule has 2 N–H and O–H groups in total. The molecule has 0 bridgehead atoms. The first-order valence-electron chi connectivity index (χ1n) is 10.2. The third-order valence-electron chi connectivity index (χ3n) is 5.50. The number of rotatable bonds is 6. The summed E-state index contributed by atoms with van der Waals surface area (Å²) in [5.74, 6) is -0.422. The molecular formula is C22H26N4O4S. The molecule has 1 aliphatic rings. The smallest absolute Gasteiger partial charge is 0.272 e. The van der Waals surface area contributed by atoms with Crippen LogP contribution >= 0.6 is 0 Å². The summed E-state index contributed by atoms with van der Waals surface area (Å²) >= 11 is 0. The molecule has 8 nitrogen and oxygen atoms in total. The second-order valence-corrected chi connectivity index (χ2v) is 9.89. The number of likely N-dealkylation sites (tertiary alicyclic amines) is 1. The molecule has 1 fully saturated rings. The Hall–Kier alpha value is -2.75. The zero-order chi connectivity index (χ0) is 22.0. The van der Waals surface area contributed by atoms with Gasteiger partial charge in [-0.25, -0.2) is 13.4 Å². The molecule has 0 unspecified atom stereocenters. The standard InChI is InChI=1S/C22H26N4O4S/c1-31(29,30)22-24-20(19-4-2-3-11-26(19)22)21(28)23-14-16-5-7-17(8-6-16)15-25-12-9-18(27)10-13-25/h2-8,11,18,27H,9-10,12-15H2,1H3,(H,23,28). The highest BCUT2D eigenvalue weighted by Gasteiger charge is 2.22. The molecule has 1 aliphatic heterocycles. The number of carbonyl (C=O) groups is 1. The van der Waals surface area contributed by atoms with E-state index in [0.717, 1.165) is 44.3 Å². The number of benzene rings is 1. The largest absolute Gasteiger partial charge is 0.393 e. The summed E-state index contributed by atoms with van der Waals surface area (Å²) in [5, 5.41) is 12.3. The van der Waals surface area contributed by atoms with E-state index in [-0.39, 0.29) is 17.0 Å². The van der Waals surface area contributed by atoms with Crippen LogP contribution in [0.2, 0.25) is 0 Å². The van der Waals surface area contributed by atoms with Crippen molar-refractivity contribution in [2.75, 3.05) is 19.3 Å². The van der Waals surface area contributed by atoms with E-state index in [2.05, 4.69) is 15.2 Å². The Bertz CT molecular complexity index is 1180. The fraction of sp³-hybridized carbons (Fsp3) is 0.364. The molecule has 1 aromatic carbocycles. The van der Waals surface area contributed by atoms with E-state index in [1.807, 2.05) is 24.3 Å². The number of piperidine rings is 1. The number of amides is 1. The maximum Gasteiger partial charge on any atom is 0.272 e. The van der Waals surface area contributed by atoms with E-state index in [1.165, 1.54) is 9.96 Å². The van der Waals surface area contributed by atoms with Crippen LogP contribution in [-0.2, 0) is 22.9 Å². The van der Waals surface area contributed by atoms with E-state index < -0.39 is 15.7 Å². The molecule has 0 radical (unpaired) electrons. The minimum Gasteiger partial charge on any atom is -0.393 e. The van der Waals surface area contributed by atoms with Crippen LogP contribution in [0.3, 0.4) is 0 Å². The Kier molecular flexibility index (Phi) is 6.08. The van der Waals surface area contributed by atoms with Gasteiger partial charge in [-0.15, -0.1) is 0 Å². The van der Waals surface area contributed by atoms with Gasteiger partial charge in [-0.1, -0.05) is 30.3 Å². The molecule has 3 aromatic rings. The van der Waals surface area contributed by atoms with Crippen LogP contribution in [0.25, 0.3) is 5.52 Å². The van der Waals surface area contributed by atoms with Crippen LogP contribution in [0.1, 0.15) is 34.5 Å². The quantitative estimate of drug-likeness (QED) is 0.601. The Balaban J connectivity index is 1.41. The van der Waals surface area contributed by atoms with Crippen LogP contribution in [0, 0.1) is 0 Å². The van der Waals surface area contributed by atoms with Crippen LogP contribution in [0.4, 0.5) is 0 Å². The van der Waals surface area contributed by atoms with Crippen LogP contribution in [0.15, 0.2) is 53.8 Å². The Morgan fingerprint density at radius 1 is 1.13 bits per heavy atom. The first kappa shape index (κ1) is 21.5. The SMILES string of the molecule is CS(=O)(=O)c1nc(C(=O)NCc2ccc(CN3CCC(O)CC3)cc2)c2ccccn12. The average Bonchev–Trinajstić information content (AvgIpc) is 3.15. The summed E-state index contributed by atoms with van der Waals surface area (Å²) < 4.78 is 25.5. The van der Waals surface area contributed by atoms with Gasteiger partial charge in [-0.05, 0) is 36.1 Å². The summed E-state index contributed by atoms with van der Waals surface area (Å²) in [4.78, 5) is 19.1. The van der Waals surface area contributed by atoms with Gasteiger partial charge in [-0.2, -0.15) is 0 Å². The second kappa shape index (κ2) is 8.78. The fourth-order valence-corrected chi connectivity index (χ4v) is 4.58. The van der Waals surface area contributed by atoms with Gasteiger partial charge in [0.15, 0.2) is 5.69 Å². The fourth-order valence-electron chi connectivity index (χ4n) is 3.80. The number of aliphatic hydroxyl groups excluding tert-OH is 1. The molecule has 9 heteroatoms. The van der Waals surface area contributed by atoms with E-state index in [4.69, 9.17) is 0 Å². The van der Waals surface area contributed by atoms with Crippen molar-refractivity contribution < 1.29 is 18.3 Å². The third kappa shape index (κ3) is 4.95. The molecule has 4 rings (SSSR count). The van der Waals surface area contributed by atoms with E-state index >= 15 is 0 Å². The first-order valence-corrected chi connectivity index (χ1v) is 12.1. The average molecular weight is 443 g/mol. The number of carbonyl (C=O) groups excluding carboxylic acids is 1.